The highest BCUT2D eigenvalue weighted by Gasteiger charge is 2.35. The monoisotopic (exact) mass is 407 g/mol. The molecule has 0 atom stereocenters. The average Bonchev–Trinajstić information content (AvgIpc) is 2.27. The van der Waals surface area contributed by atoms with Crippen molar-refractivity contribution in [2.75, 3.05) is 4.90 Å². The van der Waals surface area contributed by atoms with Crippen molar-refractivity contribution >= 4 is 45.5 Å². The van der Waals surface area contributed by atoms with Crippen LogP contribution in [-0.2, 0) is 9.47 Å². The number of nitrogens with zero attached hydrogens (tertiary/aromatic N) is 3. The Bertz CT molecular complexity index is 583. The summed E-state index contributed by atoms with van der Waals surface area (Å²) >= 11 is 8.94. The first-order chi connectivity index (χ1) is 10.3. The van der Waals surface area contributed by atoms with Gasteiger partial charge in [-0.25, -0.2) is 9.59 Å². The molecule has 0 aliphatic heterocycles. The van der Waals surface area contributed by atoms with E-state index >= 15 is 0 Å². The van der Waals surface area contributed by atoms with Gasteiger partial charge < -0.3 is 9.47 Å². The van der Waals surface area contributed by atoms with Crippen molar-refractivity contribution < 1.29 is 19.1 Å². The summed E-state index contributed by atoms with van der Waals surface area (Å²) in [5.74, 6) is -0.0714. The zero-order valence-electron chi connectivity index (χ0n) is 13.8. The number of carbonyl (C=O) groups excluding carboxylic acids is 2. The molecular formula is C14H19BrClN3O4. The molecule has 0 N–H and O–H groups in total. The van der Waals surface area contributed by atoms with E-state index in [1.165, 1.54) is 6.07 Å². The largest absolute Gasteiger partial charge is 0.443 e. The van der Waals surface area contributed by atoms with Gasteiger partial charge in [0.25, 0.3) is 0 Å². The second-order valence-electron chi connectivity index (χ2n) is 6.63. The van der Waals surface area contributed by atoms with Gasteiger partial charge in [-0.3, -0.25) is 0 Å². The second-order valence-corrected chi connectivity index (χ2v) is 7.88. The molecule has 0 bridgehead atoms. The number of ether oxygens (including phenoxy) is 2. The highest BCUT2D eigenvalue weighted by molar-refractivity contribution is 9.10. The van der Waals surface area contributed by atoms with Crippen molar-refractivity contribution in [1.82, 2.24) is 10.2 Å². The molecule has 0 aliphatic rings. The Labute approximate surface area is 148 Å². The molecule has 0 aliphatic carbocycles. The van der Waals surface area contributed by atoms with Crippen LogP contribution in [0.5, 0.6) is 0 Å². The highest BCUT2D eigenvalue weighted by atomic mass is 79.9. The van der Waals surface area contributed by atoms with Gasteiger partial charge in [0.1, 0.15) is 11.2 Å². The number of anilines is 1. The molecule has 2 amide bonds. The van der Waals surface area contributed by atoms with E-state index in [2.05, 4.69) is 26.1 Å². The molecule has 0 saturated carbocycles. The van der Waals surface area contributed by atoms with Crippen molar-refractivity contribution in [3.05, 3.63) is 15.7 Å². The predicted octanol–water partition coefficient (Wildman–Crippen LogP) is 4.57. The summed E-state index contributed by atoms with van der Waals surface area (Å²) in [5, 5.41) is 7.53. The van der Waals surface area contributed by atoms with Crippen molar-refractivity contribution in [2.45, 2.75) is 52.7 Å². The van der Waals surface area contributed by atoms with Gasteiger partial charge in [0, 0.05) is 0 Å². The first-order valence-corrected chi connectivity index (χ1v) is 7.92. The lowest BCUT2D eigenvalue weighted by Gasteiger charge is -2.28. The van der Waals surface area contributed by atoms with Crippen molar-refractivity contribution in [1.29, 1.82) is 0 Å². The zero-order valence-corrected chi connectivity index (χ0v) is 16.1. The molecule has 0 aromatic carbocycles. The number of carbonyl (C=O) groups is 2. The molecule has 0 fully saturated rings. The number of hydrogen-bond donors (Lipinski definition) is 0. The summed E-state index contributed by atoms with van der Waals surface area (Å²) in [5.41, 5.74) is -1.60. The van der Waals surface area contributed by atoms with E-state index in [0.29, 0.717) is 9.37 Å². The molecule has 1 rings (SSSR count). The maximum Gasteiger partial charge on any atom is 0.425 e. The normalized spacial score (nSPS) is 11.8. The van der Waals surface area contributed by atoms with Crippen LogP contribution < -0.4 is 4.90 Å². The minimum absolute atomic E-state index is 0.0714. The van der Waals surface area contributed by atoms with Crippen molar-refractivity contribution in [3.8, 4) is 0 Å². The Kier molecular flexibility index (Phi) is 5.98. The SMILES string of the molecule is CC(C)(C)OC(=O)N(C(=O)OC(C)(C)C)c1nnc(Cl)cc1Br. The van der Waals surface area contributed by atoms with E-state index in [4.69, 9.17) is 21.1 Å². The number of imide groups is 1. The van der Waals surface area contributed by atoms with Gasteiger partial charge in [0.2, 0.25) is 0 Å². The third kappa shape index (κ3) is 6.31. The number of halogens is 2. The van der Waals surface area contributed by atoms with Gasteiger partial charge in [-0.05, 0) is 63.5 Å². The van der Waals surface area contributed by atoms with Crippen LogP contribution in [0.4, 0.5) is 15.4 Å². The summed E-state index contributed by atoms with van der Waals surface area (Å²) < 4.78 is 10.8. The van der Waals surface area contributed by atoms with E-state index in [-0.39, 0.29) is 11.0 Å². The molecule has 0 radical (unpaired) electrons. The van der Waals surface area contributed by atoms with Crippen molar-refractivity contribution in [2.24, 2.45) is 0 Å². The van der Waals surface area contributed by atoms with Crippen LogP contribution in [0, 0.1) is 0 Å². The van der Waals surface area contributed by atoms with Gasteiger partial charge in [0.15, 0.2) is 11.0 Å². The quantitative estimate of drug-likeness (QED) is 0.677. The maximum absolute atomic E-state index is 12.4. The van der Waals surface area contributed by atoms with Crippen LogP contribution >= 0.6 is 27.5 Å². The van der Waals surface area contributed by atoms with Gasteiger partial charge in [-0.2, -0.15) is 4.90 Å². The third-order valence-electron chi connectivity index (χ3n) is 2.06. The molecule has 23 heavy (non-hydrogen) atoms. The fourth-order valence-electron chi connectivity index (χ4n) is 1.36. The Morgan fingerprint density at radius 1 is 1.04 bits per heavy atom. The van der Waals surface area contributed by atoms with Crippen LogP contribution in [0.2, 0.25) is 5.15 Å². The Balaban J connectivity index is 3.25. The molecule has 0 unspecified atom stereocenters. The second kappa shape index (κ2) is 7.00. The lowest BCUT2D eigenvalue weighted by Crippen LogP contribution is -2.44. The summed E-state index contributed by atoms with van der Waals surface area (Å²) in [7, 11) is 0. The van der Waals surface area contributed by atoms with Gasteiger partial charge in [-0.15, -0.1) is 10.2 Å². The standard InChI is InChI=1S/C14H19BrClN3O4/c1-13(2,3)22-11(20)19(12(21)23-14(4,5)6)10-8(15)7-9(16)17-18-10/h7H,1-6H3. The molecule has 0 saturated heterocycles. The van der Waals surface area contributed by atoms with Gasteiger partial charge in [-0.1, -0.05) is 11.6 Å². The van der Waals surface area contributed by atoms with E-state index in [9.17, 15) is 9.59 Å². The van der Waals surface area contributed by atoms with E-state index in [0.717, 1.165) is 0 Å². The first kappa shape index (κ1) is 19.6. The van der Waals surface area contributed by atoms with Crippen LogP contribution in [0.25, 0.3) is 0 Å². The molecule has 1 heterocycles. The van der Waals surface area contributed by atoms with Crippen LogP contribution in [0.15, 0.2) is 10.5 Å². The summed E-state index contributed by atoms with van der Waals surface area (Å²) in [6, 6.07) is 1.41. The Hall–Kier alpha value is -1.41. The van der Waals surface area contributed by atoms with E-state index < -0.39 is 23.4 Å². The summed E-state index contributed by atoms with van der Waals surface area (Å²) in [6.07, 6.45) is -1.85. The number of rotatable bonds is 1. The molecule has 0 spiro atoms. The number of aromatic nitrogens is 2. The zero-order chi connectivity index (χ0) is 18.0. The Morgan fingerprint density at radius 3 is 1.83 bits per heavy atom. The first-order valence-electron chi connectivity index (χ1n) is 6.75. The smallest absolute Gasteiger partial charge is 0.425 e. The molecule has 1 aromatic rings. The minimum Gasteiger partial charge on any atom is -0.443 e. The molecule has 7 nitrogen and oxygen atoms in total. The van der Waals surface area contributed by atoms with Gasteiger partial charge >= 0.3 is 12.2 Å². The summed E-state index contributed by atoms with van der Waals surface area (Å²) in [6.45, 7) is 10.1. The van der Waals surface area contributed by atoms with Crippen LogP contribution in [0.1, 0.15) is 41.5 Å². The molecule has 128 valence electrons. The molecule has 9 heteroatoms. The summed E-state index contributed by atoms with van der Waals surface area (Å²) in [4.78, 5) is 25.5. The topological polar surface area (TPSA) is 81.6 Å². The molecule has 1 aromatic heterocycles. The number of amides is 2. The van der Waals surface area contributed by atoms with E-state index in [1.54, 1.807) is 41.5 Å². The molecular weight excluding hydrogens is 390 g/mol. The average molecular weight is 409 g/mol. The number of hydrogen-bond acceptors (Lipinski definition) is 6. The fraction of sp³-hybridized carbons (Fsp3) is 0.571. The highest BCUT2D eigenvalue weighted by Crippen LogP contribution is 2.28. The van der Waals surface area contributed by atoms with Gasteiger partial charge in [0.05, 0.1) is 4.47 Å². The maximum atomic E-state index is 12.4. The lowest BCUT2D eigenvalue weighted by atomic mass is 10.2. The third-order valence-corrected chi connectivity index (χ3v) is 2.83. The Morgan fingerprint density at radius 2 is 1.48 bits per heavy atom. The minimum atomic E-state index is -0.927. The van der Waals surface area contributed by atoms with E-state index in [1.807, 2.05) is 0 Å². The van der Waals surface area contributed by atoms with Crippen molar-refractivity contribution in [3.63, 3.8) is 0 Å². The van der Waals surface area contributed by atoms with Crippen LogP contribution in [0.3, 0.4) is 0 Å². The predicted molar refractivity (Wildman–Crippen MR) is 89.7 cm³/mol. The van der Waals surface area contributed by atoms with Crippen LogP contribution in [-0.4, -0.2) is 33.6 Å². The fourth-order valence-corrected chi connectivity index (χ4v) is 2.11. The lowest BCUT2D eigenvalue weighted by molar-refractivity contribution is 0.0428.